The van der Waals surface area contributed by atoms with Crippen molar-refractivity contribution in [2.45, 2.75) is 32.6 Å². The van der Waals surface area contributed by atoms with Gasteiger partial charge in [0.15, 0.2) is 0 Å². The molecular formula is C21H24N2O3. The SMILES string of the molecule is C=CCc1cc(C)ccc1OCC(O)Cn1c(CO)nc2ccccc21. The molecule has 2 aromatic carbocycles. The van der Waals surface area contributed by atoms with E-state index in [9.17, 15) is 10.2 Å². The topological polar surface area (TPSA) is 67.5 Å². The van der Waals surface area contributed by atoms with Gasteiger partial charge in [-0.15, -0.1) is 6.58 Å². The lowest BCUT2D eigenvalue weighted by atomic mass is 10.1. The Morgan fingerprint density at radius 3 is 2.85 bits per heavy atom. The van der Waals surface area contributed by atoms with E-state index in [-0.39, 0.29) is 13.2 Å². The van der Waals surface area contributed by atoms with E-state index in [1.807, 2.05) is 54.0 Å². The summed E-state index contributed by atoms with van der Waals surface area (Å²) in [4.78, 5) is 4.40. The highest BCUT2D eigenvalue weighted by molar-refractivity contribution is 5.75. The highest BCUT2D eigenvalue weighted by Gasteiger charge is 2.14. The fourth-order valence-corrected chi connectivity index (χ4v) is 3.06. The number of hydrogen-bond donors (Lipinski definition) is 2. The van der Waals surface area contributed by atoms with Crippen LogP contribution in [0.15, 0.2) is 55.1 Å². The Morgan fingerprint density at radius 2 is 2.08 bits per heavy atom. The van der Waals surface area contributed by atoms with E-state index in [1.165, 1.54) is 0 Å². The number of fused-ring (bicyclic) bond motifs is 1. The molecule has 0 saturated heterocycles. The zero-order valence-electron chi connectivity index (χ0n) is 14.9. The Kier molecular flexibility index (Phi) is 5.71. The molecular weight excluding hydrogens is 328 g/mol. The average Bonchev–Trinajstić information content (AvgIpc) is 2.99. The second kappa shape index (κ2) is 8.17. The molecule has 0 fully saturated rings. The number of allylic oxidation sites excluding steroid dienone is 1. The smallest absolute Gasteiger partial charge is 0.135 e. The number of aliphatic hydroxyl groups is 2. The molecule has 26 heavy (non-hydrogen) atoms. The number of para-hydroxylation sites is 2. The third kappa shape index (κ3) is 3.95. The van der Waals surface area contributed by atoms with E-state index in [0.29, 0.717) is 18.8 Å². The normalized spacial score (nSPS) is 12.3. The van der Waals surface area contributed by atoms with Crippen molar-refractivity contribution in [1.29, 1.82) is 0 Å². The van der Waals surface area contributed by atoms with Crippen LogP contribution in [-0.4, -0.2) is 32.5 Å². The van der Waals surface area contributed by atoms with Crippen molar-refractivity contribution in [3.63, 3.8) is 0 Å². The second-order valence-electron chi connectivity index (χ2n) is 6.35. The molecule has 0 spiro atoms. The van der Waals surface area contributed by atoms with Gasteiger partial charge in [0.2, 0.25) is 0 Å². The lowest BCUT2D eigenvalue weighted by Gasteiger charge is -2.17. The Hall–Kier alpha value is -2.63. The maximum atomic E-state index is 10.5. The predicted molar refractivity (Wildman–Crippen MR) is 102 cm³/mol. The van der Waals surface area contributed by atoms with Crippen LogP contribution in [0.5, 0.6) is 5.75 Å². The Labute approximate surface area is 153 Å². The quantitative estimate of drug-likeness (QED) is 0.612. The average molecular weight is 352 g/mol. The molecule has 1 heterocycles. The summed E-state index contributed by atoms with van der Waals surface area (Å²) < 4.78 is 7.68. The van der Waals surface area contributed by atoms with Crippen molar-refractivity contribution < 1.29 is 14.9 Å². The number of benzene rings is 2. The molecule has 136 valence electrons. The van der Waals surface area contributed by atoms with Crippen LogP contribution in [-0.2, 0) is 19.6 Å². The highest BCUT2D eigenvalue weighted by atomic mass is 16.5. The number of aromatic nitrogens is 2. The van der Waals surface area contributed by atoms with Crippen LogP contribution >= 0.6 is 0 Å². The molecule has 1 aromatic heterocycles. The summed E-state index contributed by atoms with van der Waals surface area (Å²) >= 11 is 0. The van der Waals surface area contributed by atoms with Crippen LogP contribution in [0.1, 0.15) is 17.0 Å². The largest absolute Gasteiger partial charge is 0.491 e. The highest BCUT2D eigenvalue weighted by Crippen LogP contribution is 2.22. The minimum absolute atomic E-state index is 0.157. The zero-order chi connectivity index (χ0) is 18.5. The number of aryl methyl sites for hydroxylation is 1. The minimum Gasteiger partial charge on any atom is -0.491 e. The van der Waals surface area contributed by atoms with E-state index >= 15 is 0 Å². The van der Waals surface area contributed by atoms with Crippen LogP contribution in [0.2, 0.25) is 0 Å². The molecule has 0 aliphatic carbocycles. The van der Waals surface area contributed by atoms with Crippen LogP contribution in [0.3, 0.4) is 0 Å². The van der Waals surface area contributed by atoms with Crippen LogP contribution in [0.25, 0.3) is 11.0 Å². The first kappa shape index (κ1) is 18.2. The summed E-state index contributed by atoms with van der Waals surface area (Å²) in [6.07, 6.45) is 1.83. The van der Waals surface area contributed by atoms with Crippen molar-refractivity contribution in [3.8, 4) is 5.75 Å². The third-order valence-electron chi connectivity index (χ3n) is 4.28. The summed E-state index contributed by atoms with van der Waals surface area (Å²) in [7, 11) is 0. The molecule has 3 rings (SSSR count). The fourth-order valence-electron chi connectivity index (χ4n) is 3.06. The lowest BCUT2D eigenvalue weighted by Crippen LogP contribution is -2.25. The second-order valence-corrected chi connectivity index (χ2v) is 6.35. The Bertz CT molecular complexity index is 901. The number of hydrogen-bond acceptors (Lipinski definition) is 4. The molecule has 1 unspecified atom stereocenters. The van der Waals surface area contributed by atoms with Gasteiger partial charge in [-0.25, -0.2) is 4.98 Å². The Balaban J connectivity index is 1.72. The number of aliphatic hydroxyl groups excluding tert-OH is 2. The lowest BCUT2D eigenvalue weighted by molar-refractivity contribution is 0.0911. The maximum Gasteiger partial charge on any atom is 0.135 e. The van der Waals surface area contributed by atoms with E-state index in [2.05, 4.69) is 17.6 Å². The van der Waals surface area contributed by atoms with E-state index in [4.69, 9.17) is 4.74 Å². The summed E-state index contributed by atoms with van der Waals surface area (Å²) in [5, 5.41) is 20.0. The molecule has 1 atom stereocenters. The van der Waals surface area contributed by atoms with E-state index in [0.717, 1.165) is 27.9 Å². The van der Waals surface area contributed by atoms with E-state index in [1.54, 1.807) is 0 Å². The zero-order valence-corrected chi connectivity index (χ0v) is 14.9. The van der Waals surface area contributed by atoms with Gasteiger partial charge in [-0.1, -0.05) is 35.9 Å². The minimum atomic E-state index is -0.726. The number of ether oxygens (including phenoxy) is 1. The summed E-state index contributed by atoms with van der Waals surface area (Å²) in [6.45, 7) is 6.10. The van der Waals surface area contributed by atoms with Gasteiger partial charge >= 0.3 is 0 Å². The van der Waals surface area contributed by atoms with Gasteiger partial charge in [0, 0.05) is 0 Å². The van der Waals surface area contributed by atoms with E-state index < -0.39 is 6.10 Å². The first-order chi connectivity index (χ1) is 12.6. The van der Waals surface area contributed by atoms with Crippen molar-refractivity contribution in [3.05, 3.63) is 72.1 Å². The molecule has 0 saturated carbocycles. The summed E-state index contributed by atoms with van der Waals surface area (Å²) in [5.41, 5.74) is 3.90. The molecule has 0 bridgehead atoms. The standard InChI is InChI=1S/C21H24N2O3/c1-3-6-16-11-15(2)9-10-20(16)26-14-17(25)12-23-19-8-5-4-7-18(19)22-21(23)13-24/h3-5,7-11,17,24-25H,1,6,12-14H2,2H3. The summed E-state index contributed by atoms with van der Waals surface area (Å²) in [6, 6.07) is 13.6. The molecule has 0 aliphatic heterocycles. The van der Waals surface area contributed by atoms with Crippen molar-refractivity contribution in [2.75, 3.05) is 6.61 Å². The molecule has 3 aromatic rings. The first-order valence-corrected chi connectivity index (χ1v) is 8.68. The predicted octanol–water partition coefficient (Wildman–Crippen LogP) is 3.01. The van der Waals surface area contributed by atoms with Gasteiger partial charge in [-0.2, -0.15) is 0 Å². The molecule has 2 N–H and O–H groups in total. The first-order valence-electron chi connectivity index (χ1n) is 8.68. The molecule has 0 aliphatic rings. The number of imidazole rings is 1. The number of nitrogens with zero attached hydrogens (tertiary/aromatic N) is 2. The Morgan fingerprint density at radius 1 is 1.27 bits per heavy atom. The van der Waals surface area contributed by atoms with Gasteiger partial charge in [-0.05, 0) is 37.1 Å². The number of rotatable bonds is 8. The van der Waals surface area contributed by atoms with Gasteiger partial charge in [0.1, 0.15) is 30.9 Å². The monoisotopic (exact) mass is 352 g/mol. The molecule has 5 heteroatoms. The fraction of sp³-hybridized carbons (Fsp3) is 0.286. The molecule has 5 nitrogen and oxygen atoms in total. The van der Waals surface area contributed by atoms with Gasteiger partial charge in [0.25, 0.3) is 0 Å². The molecule has 0 amide bonds. The van der Waals surface area contributed by atoms with Crippen LogP contribution in [0, 0.1) is 6.92 Å². The van der Waals surface area contributed by atoms with Gasteiger partial charge in [0.05, 0.1) is 17.6 Å². The van der Waals surface area contributed by atoms with Crippen molar-refractivity contribution in [1.82, 2.24) is 9.55 Å². The van der Waals surface area contributed by atoms with Crippen LogP contribution in [0.4, 0.5) is 0 Å². The van der Waals surface area contributed by atoms with Gasteiger partial charge in [-0.3, -0.25) is 0 Å². The van der Waals surface area contributed by atoms with Crippen molar-refractivity contribution >= 4 is 11.0 Å². The summed E-state index contributed by atoms with van der Waals surface area (Å²) in [5.74, 6) is 1.29. The molecule has 0 radical (unpaired) electrons. The third-order valence-corrected chi connectivity index (χ3v) is 4.28. The van der Waals surface area contributed by atoms with Crippen molar-refractivity contribution in [2.24, 2.45) is 0 Å². The van der Waals surface area contributed by atoms with Crippen LogP contribution < -0.4 is 4.74 Å². The maximum absolute atomic E-state index is 10.5. The van der Waals surface area contributed by atoms with Gasteiger partial charge < -0.3 is 19.5 Å².